The Morgan fingerprint density at radius 3 is 1.32 bits per heavy atom. The number of hydrogen-bond donors (Lipinski definition) is 0. The summed E-state index contributed by atoms with van der Waals surface area (Å²) < 4.78 is 0. The van der Waals surface area contributed by atoms with E-state index in [0.29, 0.717) is 0 Å². The van der Waals surface area contributed by atoms with E-state index in [4.69, 9.17) is 0 Å². The molecule has 0 aromatic carbocycles. The van der Waals surface area contributed by atoms with Gasteiger partial charge in [0.25, 0.3) is 0 Å². The van der Waals surface area contributed by atoms with Crippen molar-refractivity contribution < 1.29 is 0 Å². The lowest BCUT2D eigenvalue weighted by Gasteiger charge is -2.52. The van der Waals surface area contributed by atoms with Crippen molar-refractivity contribution in [3.63, 3.8) is 0 Å². The van der Waals surface area contributed by atoms with E-state index in [1.807, 2.05) is 0 Å². The first-order valence-corrected chi connectivity index (χ1v) is 12.2. The van der Waals surface area contributed by atoms with Gasteiger partial charge in [-0.2, -0.15) is 0 Å². The predicted octanol–water partition coefficient (Wildman–Crippen LogP) is 8.25. The highest BCUT2D eigenvalue weighted by atomic mass is 14.5. The fraction of sp³-hybridized carbons (Fsp3) is 1.00. The number of hydrogen-bond acceptors (Lipinski definition) is 0. The van der Waals surface area contributed by atoms with Crippen LogP contribution in [0.15, 0.2) is 0 Å². The molecule has 0 aliphatic heterocycles. The van der Waals surface area contributed by atoms with Crippen molar-refractivity contribution in [2.24, 2.45) is 41.4 Å². The van der Waals surface area contributed by atoms with Crippen molar-refractivity contribution in [1.29, 1.82) is 0 Å². The van der Waals surface area contributed by atoms with E-state index in [0.717, 1.165) is 41.4 Å². The Hall–Kier alpha value is 0. The first kappa shape index (κ1) is 19.8. The molecule has 0 nitrogen and oxygen atoms in total. The molecule has 0 aromatic heterocycles. The molecule has 0 radical (unpaired) electrons. The lowest BCUT2D eigenvalue weighted by Crippen LogP contribution is -2.46. The van der Waals surface area contributed by atoms with Crippen LogP contribution in [-0.4, -0.2) is 0 Å². The number of rotatable bonds is 1. The van der Waals surface area contributed by atoms with Crippen LogP contribution in [0.5, 0.6) is 0 Å². The molecule has 6 atom stereocenters. The summed E-state index contributed by atoms with van der Waals surface area (Å²) in [5.74, 6) is 7.06. The van der Waals surface area contributed by atoms with Gasteiger partial charge in [-0.25, -0.2) is 0 Å². The van der Waals surface area contributed by atoms with Gasteiger partial charge in [0.1, 0.15) is 0 Å². The standard InChI is InChI=1S/C25H46/c1-19-20(2)25(22-15-11-7-4-5-8-12-16-22)21(3)24-18-14-10-6-9-13-17-23(19)24/h19-25H,4-18H2,1-3H3. The van der Waals surface area contributed by atoms with Gasteiger partial charge < -0.3 is 0 Å². The van der Waals surface area contributed by atoms with E-state index in [9.17, 15) is 0 Å². The average molecular weight is 347 g/mol. The lowest BCUT2D eigenvalue weighted by atomic mass is 9.53. The highest BCUT2D eigenvalue weighted by molar-refractivity contribution is 4.95. The van der Waals surface area contributed by atoms with Crippen molar-refractivity contribution in [2.75, 3.05) is 0 Å². The highest BCUT2D eigenvalue weighted by Gasteiger charge is 2.46. The van der Waals surface area contributed by atoms with E-state index < -0.39 is 0 Å². The SMILES string of the molecule is CC1C(C)C(C2CCCCCCCC2)C(C)C2CCCCCCCC12. The van der Waals surface area contributed by atoms with Crippen molar-refractivity contribution >= 4 is 0 Å². The first-order valence-electron chi connectivity index (χ1n) is 12.2. The summed E-state index contributed by atoms with van der Waals surface area (Å²) in [5, 5.41) is 0. The summed E-state index contributed by atoms with van der Waals surface area (Å²) >= 11 is 0. The predicted molar refractivity (Wildman–Crippen MR) is 111 cm³/mol. The van der Waals surface area contributed by atoms with Crippen LogP contribution in [0, 0.1) is 41.4 Å². The minimum atomic E-state index is 0.961. The summed E-state index contributed by atoms with van der Waals surface area (Å²) in [6.45, 7) is 7.99. The second-order valence-corrected chi connectivity index (χ2v) is 10.3. The molecule has 0 saturated heterocycles. The van der Waals surface area contributed by atoms with Crippen LogP contribution in [0.3, 0.4) is 0 Å². The Kier molecular flexibility index (Phi) is 7.74. The van der Waals surface area contributed by atoms with Crippen LogP contribution in [0.2, 0.25) is 0 Å². The van der Waals surface area contributed by atoms with E-state index in [1.165, 1.54) is 77.0 Å². The van der Waals surface area contributed by atoms with E-state index in [2.05, 4.69) is 20.8 Å². The zero-order valence-corrected chi connectivity index (χ0v) is 17.6. The fourth-order valence-electron chi connectivity index (χ4n) is 7.44. The molecular formula is C25H46. The largest absolute Gasteiger partial charge is 0.0620 e. The lowest BCUT2D eigenvalue weighted by molar-refractivity contribution is -0.0376. The van der Waals surface area contributed by atoms with Crippen LogP contribution in [0.1, 0.15) is 117 Å². The smallest absolute Gasteiger partial charge is 0.0329 e. The Morgan fingerprint density at radius 1 is 0.400 bits per heavy atom. The molecule has 25 heavy (non-hydrogen) atoms. The summed E-state index contributed by atoms with van der Waals surface area (Å²) in [6.07, 6.45) is 22.8. The third-order valence-electron chi connectivity index (χ3n) is 8.96. The first-order chi connectivity index (χ1) is 12.2. The van der Waals surface area contributed by atoms with Gasteiger partial charge in [0.05, 0.1) is 0 Å². The van der Waals surface area contributed by atoms with Gasteiger partial charge in [-0.15, -0.1) is 0 Å². The molecule has 0 heteroatoms. The van der Waals surface area contributed by atoms with Crippen molar-refractivity contribution in [1.82, 2.24) is 0 Å². The Bertz CT molecular complexity index is 362. The van der Waals surface area contributed by atoms with Gasteiger partial charge in [-0.05, 0) is 54.3 Å². The third-order valence-corrected chi connectivity index (χ3v) is 8.96. The molecule has 0 spiro atoms. The zero-order valence-electron chi connectivity index (χ0n) is 17.6. The maximum absolute atomic E-state index is 2.69. The third kappa shape index (κ3) is 4.84. The normalized spacial score (nSPS) is 42.8. The van der Waals surface area contributed by atoms with Crippen molar-refractivity contribution in [3.05, 3.63) is 0 Å². The van der Waals surface area contributed by atoms with Gasteiger partial charge >= 0.3 is 0 Å². The summed E-state index contributed by atoms with van der Waals surface area (Å²) in [7, 11) is 0. The van der Waals surface area contributed by atoms with E-state index >= 15 is 0 Å². The Balaban J connectivity index is 1.76. The maximum Gasteiger partial charge on any atom is -0.0329 e. The monoisotopic (exact) mass is 346 g/mol. The van der Waals surface area contributed by atoms with Crippen LogP contribution in [-0.2, 0) is 0 Å². The molecule has 3 aliphatic rings. The van der Waals surface area contributed by atoms with Crippen molar-refractivity contribution in [3.8, 4) is 0 Å². The average Bonchev–Trinajstić information content (AvgIpc) is 2.82. The summed E-state index contributed by atoms with van der Waals surface area (Å²) in [6, 6.07) is 0. The van der Waals surface area contributed by atoms with Crippen LogP contribution in [0.4, 0.5) is 0 Å². The fourth-order valence-corrected chi connectivity index (χ4v) is 7.44. The molecule has 3 aliphatic carbocycles. The highest BCUT2D eigenvalue weighted by Crippen LogP contribution is 2.53. The van der Waals surface area contributed by atoms with Gasteiger partial charge in [0.2, 0.25) is 0 Å². The molecule has 0 amide bonds. The van der Waals surface area contributed by atoms with E-state index in [-0.39, 0.29) is 0 Å². The zero-order chi connectivity index (χ0) is 17.6. The molecule has 0 N–H and O–H groups in total. The van der Waals surface area contributed by atoms with Gasteiger partial charge in [-0.3, -0.25) is 0 Å². The van der Waals surface area contributed by atoms with E-state index in [1.54, 1.807) is 19.3 Å². The molecule has 6 unspecified atom stereocenters. The van der Waals surface area contributed by atoms with Gasteiger partial charge in [0, 0.05) is 0 Å². The minimum Gasteiger partial charge on any atom is -0.0620 e. The Morgan fingerprint density at radius 2 is 0.800 bits per heavy atom. The molecule has 0 heterocycles. The molecule has 146 valence electrons. The summed E-state index contributed by atoms with van der Waals surface area (Å²) in [4.78, 5) is 0. The minimum absolute atomic E-state index is 0.961. The van der Waals surface area contributed by atoms with Gasteiger partial charge in [0.15, 0.2) is 0 Å². The molecule has 3 rings (SSSR count). The second-order valence-electron chi connectivity index (χ2n) is 10.3. The molecule has 3 fully saturated rings. The maximum atomic E-state index is 2.69. The van der Waals surface area contributed by atoms with Gasteiger partial charge in [-0.1, -0.05) is 104 Å². The molecule has 0 bridgehead atoms. The quantitative estimate of drug-likeness (QED) is 0.448. The molecule has 3 saturated carbocycles. The summed E-state index contributed by atoms with van der Waals surface area (Å²) in [5.41, 5.74) is 0. The van der Waals surface area contributed by atoms with Crippen LogP contribution < -0.4 is 0 Å². The Labute approximate surface area is 158 Å². The molecule has 0 aromatic rings. The molecular weight excluding hydrogens is 300 g/mol. The van der Waals surface area contributed by atoms with Crippen LogP contribution in [0.25, 0.3) is 0 Å². The second kappa shape index (κ2) is 9.80. The van der Waals surface area contributed by atoms with Crippen LogP contribution >= 0.6 is 0 Å². The topological polar surface area (TPSA) is 0 Å². The van der Waals surface area contributed by atoms with Crippen molar-refractivity contribution in [2.45, 2.75) is 117 Å². The number of fused-ring (bicyclic) bond motifs is 1.